The first-order valence-electron chi connectivity index (χ1n) is 23.6. The summed E-state index contributed by atoms with van der Waals surface area (Å²) in [4.78, 5) is 10.6. The minimum Gasteiger partial charge on any atom is -0.507 e. The van der Waals surface area contributed by atoms with Crippen LogP contribution in [0.4, 0.5) is 0 Å². The molecule has 1 N–H and O–H groups in total. The van der Waals surface area contributed by atoms with Crippen LogP contribution < -0.4 is 0 Å². The zero-order chi connectivity index (χ0) is 46.3. The molecule has 9 aromatic rings. The molecule has 4 nitrogen and oxygen atoms in total. The lowest BCUT2D eigenvalue weighted by Gasteiger charge is -2.20. The number of phenolic OH excluding ortho intramolecular Hbond substituents is 1. The Kier molecular flexibility index (Phi) is 11.8. The number of para-hydroxylation sites is 1. The lowest BCUT2D eigenvalue weighted by atomic mass is 9.91. The molecule has 0 aliphatic heterocycles. The van der Waals surface area contributed by atoms with Crippen LogP contribution in [0, 0.1) is 5.92 Å². The Labute approximate surface area is 386 Å². The molecule has 9 rings (SSSR count). The number of hydrogen-bond donors (Lipinski definition) is 1. The van der Waals surface area contributed by atoms with Crippen molar-refractivity contribution in [3.63, 3.8) is 0 Å². The fraction of sp³-hybridized carbons (Fsp3) is 0.213. The third-order valence-corrected chi connectivity index (χ3v) is 12.6. The predicted octanol–water partition coefficient (Wildman–Crippen LogP) is 16.7. The Hall–Kier alpha value is -7.04. The Morgan fingerprint density at radius 1 is 0.523 bits per heavy atom. The zero-order valence-electron chi connectivity index (χ0n) is 39.9. The highest BCUT2D eigenvalue weighted by Crippen LogP contribution is 2.44. The van der Waals surface area contributed by atoms with Crippen LogP contribution in [0.2, 0.25) is 0 Å². The fourth-order valence-corrected chi connectivity index (χ4v) is 9.10. The van der Waals surface area contributed by atoms with Gasteiger partial charge in [0.2, 0.25) is 0 Å². The zero-order valence-corrected chi connectivity index (χ0v) is 38.9. The van der Waals surface area contributed by atoms with Crippen LogP contribution in [0.1, 0.15) is 96.7 Å². The number of fused-ring (bicyclic) bond motifs is 1. The van der Waals surface area contributed by atoms with Gasteiger partial charge in [-0.1, -0.05) is 165 Å². The van der Waals surface area contributed by atoms with Crippen LogP contribution in [-0.2, 0) is 6.42 Å². The molecule has 4 heteroatoms. The maximum Gasteiger partial charge on any atom is 0.149 e. The number of phenols is 1. The van der Waals surface area contributed by atoms with Gasteiger partial charge < -0.3 is 5.11 Å². The standard InChI is InChI=1S/C61H59N3O/c1-38(2)30-42-22-27-57(54(31-42)46-18-13-10-14-19-46)64-58-21-15-20-52(59(58)63-61(64)55-36-48(40(5)6)35-53(41(7)8)60(55)65)50-32-49(44-16-11-9-12-17-44)33-51(34-50)56-37-47(28-29-62-56)45-25-23-43(24-26-45)39(3)4/h9-29,31-41,65H,30H2,1-8H3/i39D. The van der Waals surface area contributed by atoms with E-state index in [0.29, 0.717) is 11.7 Å². The van der Waals surface area contributed by atoms with Crippen molar-refractivity contribution < 1.29 is 6.48 Å². The third kappa shape index (κ3) is 8.78. The van der Waals surface area contributed by atoms with Crippen molar-refractivity contribution in [2.45, 2.75) is 79.5 Å². The van der Waals surface area contributed by atoms with Gasteiger partial charge in [0.1, 0.15) is 11.6 Å². The van der Waals surface area contributed by atoms with Gasteiger partial charge in [0, 0.05) is 24.3 Å². The molecule has 0 aliphatic carbocycles. The first-order valence-corrected chi connectivity index (χ1v) is 23.1. The molecule has 0 saturated carbocycles. The summed E-state index contributed by atoms with van der Waals surface area (Å²) < 4.78 is 10.8. The highest BCUT2D eigenvalue weighted by Gasteiger charge is 2.25. The van der Waals surface area contributed by atoms with Gasteiger partial charge in [-0.25, -0.2) is 4.98 Å². The van der Waals surface area contributed by atoms with Gasteiger partial charge in [-0.05, 0) is 140 Å². The van der Waals surface area contributed by atoms with Crippen LogP contribution in [0.15, 0.2) is 170 Å². The average Bonchev–Trinajstić information content (AvgIpc) is 3.71. The van der Waals surface area contributed by atoms with Gasteiger partial charge in [0.05, 0.1) is 28.0 Å². The second-order valence-corrected chi connectivity index (χ2v) is 18.7. The number of benzene rings is 7. The molecule has 0 fully saturated rings. The van der Waals surface area contributed by atoms with Crippen molar-refractivity contribution in [2.75, 3.05) is 0 Å². The molecule has 0 aliphatic rings. The van der Waals surface area contributed by atoms with Crippen LogP contribution in [0.5, 0.6) is 5.75 Å². The summed E-state index contributed by atoms with van der Waals surface area (Å²) in [7, 11) is 0. The minimum atomic E-state index is -0.673. The van der Waals surface area contributed by atoms with Crippen LogP contribution in [-0.4, -0.2) is 19.6 Å². The van der Waals surface area contributed by atoms with Crippen molar-refractivity contribution >= 4 is 11.0 Å². The molecule has 0 unspecified atom stereocenters. The summed E-state index contributed by atoms with van der Waals surface area (Å²) in [6.07, 6.45) is 2.85. The predicted molar refractivity (Wildman–Crippen MR) is 274 cm³/mol. The molecule has 2 heterocycles. The van der Waals surface area contributed by atoms with E-state index in [9.17, 15) is 5.11 Å². The fourth-order valence-electron chi connectivity index (χ4n) is 9.10. The summed E-state index contributed by atoms with van der Waals surface area (Å²) in [5.41, 5.74) is 18.2. The Bertz CT molecular complexity index is 3180. The Balaban J connectivity index is 1.31. The van der Waals surface area contributed by atoms with Crippen molar-refractivity contribution in [3.05, 3.63) is 192 Å². The number of rotatable bonds is 12. The molecule has 0 saturated heterocycles. The second-order valence-electron chi connectivity index (χ2n) is 18.7. The quantitative estimate of drug-likeness (QED) is 0.133. The summed E-state index contributed by atoms with van der Waals surface area (Å²) >= 11 is 0. The number of imidazole rings is 1. The molecule has 2 aromatic heterocycles. The normalized spacial score (nSPS) is 12.1. The van der Waals surface area contributed by atoms with Gasteiger partial charge in [-0.15, -0.1) is 0 Å². The minimum absolute atomic E-state index is 0.104. The largest absolute Gasteiger partial charge is 0.507 e. The third-order valence-electron chi connectivity index (χ3n) is 12.6. The van der Waals surface area contributed by atoms with E-state index in [0.717, 1.165) is 101 Å². The van der Waals surface area contributed by atoms with Gasteiger partial charge in [-0.2, -0.15) is 0 Å². The number of aromatic nitrogens is 3. The second kappa shape index (κ2) is 18.2. The topological polar surface area (TPSA) is 50.9 Å². The van der Waals surface area contributed by atoms with Gasteiger partial charge >= 0.3 is 0 Å². The monoisotopic (exact) mass is 850 g/mol. The molecular weight excluding hydrogens is 791 g/mol. The van der Waals surface area contributed by atoms with Crippen LogP contribution in [0.3, 0.4) is 0 Å². The Morgan fingerprint density at radius 2 is 1.20 bits per heavy atom. The van der Waals surface area contributed by atoms with E-state index < -0.39 is 5.89 Å². The highest BCUT2D eigenvalue weighted by molar-refractivity contribution is 5.98. The van der Waals surface area contributed by atoms with Crippen LogP contribution in [0.25, 0.3) is 83.9 Å². The summed E-state index contributed by atoms with van der Waals surface area (Å²) in [5, 5.41) is 12.3. The highest BCUT2D eigenvalue weighted by atomic mass is 16.3. The van der Waals surface area contributed by atoms with Crippen molar-refractivity contribution in [1.29, 1.82) is 0 Å². The molecule has 0 amide bonds. The van der Waals surface area contributed by atoms with Gasteiger partial charge in [-0.3, -0.25) is 9.55 Å². The van der Waals surface area contributed by atoms with Gasteiger partial charge in [0.25, 0.3) is 0 Å². The van der Waals surface area contributed by atoms with Crippen molar-refractivity contribution in [3.8, 4) is 78.6 Å². The van der Waals surface area contributed by atoms with E-state index in [2.05, 4.69) is 210 Å². The summed E-state index contributed by atoms with van der Waals surface area (Å²) in [6, 6.07) is 58.0. The molecule has 7 aromatic carbocycles. The first kappa shape index (κ1) is 41.9. The number of hydrogen-bond acceptors (Lipinski definition) is 3. The van der Waals surface area contributed by atoms with E-state index in [1.807, 2.05) is 20.0 Å². The molecule has 0 atom stereocenters. The first-order chi connectivity index (χ1) is 31.7. The maximum absolute atomic E-state index is 12.3. The molecular formula is C61H59N3O. The van der Waals surface area contributed by atoms with Crippen molar-refractivity contribution in [2.24, 2.45) is 5.92 Å². The van der Waals surface area contributed by atoms with E-state index in [1.165, 1.54) is 5.56 Å². The SMILES string of the molecule is [2H]C(C)(C)c1ccc(-c2ccnc(-c3cc(-c4ccccc4)cc(-c4cccc5c4nc(-c4cc(C(C)C)cc(C(C)C)c4O)n5-c4ccc(CC(C)C)cc4-c4ccccc4)c3)c2)cc1. The Morgan fingerprint density at radius 3 is 1.88 bits per heavy atom. The number of pyridine rings is 1. The number of nitrogens with zero attached hydrogens (tertiary/aromatic N) is 3. The maximum atomic E-state index is 12.3. The van der Waals surface area contributed by atoms with E-state index in [1.54, 1.807) is 0 Å². The van der Waals surface area contributed by atoms with Crippen LogP contribution >= 0.6 is 0 Å². The molecule has 0 radical (unpaired) electrons. The molecule has 324 valence electrons. The van der Waals surface area contributed by atoms with E-state index in [4.69, 9.17) is 11.3 Å². The smallest absolute Gasteiger partial charge is 0.149 e. The van der Waals surface area contributed by atoms with Crippen molar-refractivity contribution in [1.82, 2.24) is 14.5 Å². The van der Waals surface area contributed by atoms with E-state index in [-0.39, 0.29) is 17.6 Å². The van der Waals surface area contributed by atoms with E-state index >= 15 is 0 Å². The lowest BCUT2D eigenvalue weighted by Crippen LogP contribution is -2.04. The lowest BCUT2D eigenvalue weighted by molar-refractivity contribution is 0.466. The average molecular weight is 851 g/mol. The molecule has 0 spiro atoms. The molecule has 65 heavy (non-hydrogen) atoms. The summed E-state index contributed by atoms with van der Waals surface area (Å²) in [5.74, 6) is 1.13. The van der Waals surface area contributed by atoms with Gasteiger partial charge in [0.15, 0.2) is 0 Å². The number of aromatic hydroxyl groups is 1. The summed E-state index contributed by atoms with van der Waals surface area (Å²) in [6.45, 7) is 17.1. The molecule has 0 bridgehead atoms.